The van der Waals surface area contributed by atoms with Gasteiger partial charge in [-0.3, -0.25) is 0 Å². The predicted molar refractivity (Wildman–Crippen MR) is 90.4 cm³/mol. The molecule has 2 rings (SSSR count). The van der Waals surface area contributed by atoms with Crippen molar-refractivity contribution >= 4 is 50.2 Å². The van der Waals surface area contributed by atoms with E-state index in [4.69, 9.17) is 29.6 Å². The van der Waals surface area contributed by atoms with E-state index in [2.05, 4.69) is 4.72 Å². The highest BCUT2D eigenvalue weighted by molar-refractivity contribution is 7.89. The van der Waals surface area contributed by atoms with Crippen LogP contribution in [0.25, 0.3) is 0 Å². The molecular formula is C13H13ClN2O2S3. The largest absolute Gasteiger partial charge is 0.389 e. The average molecular weight is 361 g/mol. The molecule has 3 N–H and O–H groups in total. The Kier molecular flexibility index (Phi) is 5.00. The molecule has 21 heavy (non-hydrogen) atoms. The highest BCUT2D eigenvalue weighted by Gasteiger charge is 2.16. The van der Waals surface area contributed by atoms with Crippen molar-refractivity contribution in [3.63, 3.8) is 0 Å². The number of hydrogen-bond acceptors (Lipinski definition) is 4. The van der Waals surface area contributed by atoms with Gasteiger partial charge in [0.25, 0.3) is 0 Å². The molecule has 0 amide bonds. The number of sulfonamides is 1. The van der Waals surface area contributed by atoms with Crippen LogP contribution in [0.15, 0.2) is 35.2 Å². The van der Waals surface area contributed by atoms with Crippen LogP contribution in [0.1, 0.15) is 15.3 Å². The molecular weight excluding hydrogens is 348 g/mol. The number of nitrogens with two attached hydrogens (primary N) is 1. The van der Waals surface area contributed by atoms with Crippen molar-refractivity contribution < 1.29 is 8.42 Å². The molecule has 0 saturated heterocycles. The van der Waals surface area contributed by atoms with Gasteiger partial charge in [0.05, 0.1) is 9.92 Å². The standard InChI is InChI=1S/C13H13ClN2O2S3/c1-8-2-3-9(20-8)7-16-21(17,18)10-4-5-11(13(15)19)12(14)6-10/h2-6,16H,7H2,1H3,(H2,15,19). The van der Waals surface area contributed by atoms with Crippen LogP contribution in [0.5, 0.6) is 0 Å². The molecule has 0 aliphatic carbocycles. The van der Waals surface area contributed by atoms with Crippen molar-refractivity contribution in [2.45, 2.75) is 18.4 Å². The first-order chi connectivity index (χ1) is 9.79. The quantitative estimate of drug-likeness (QED) is 0.804. The monoisotopic (exact) mass is 360 g/mol. The number of aryl methyl sites for hydroxylation is 1. The van der Waals surface area contributed by atoms with E-state index in [1.54, 1.807) is 11.3 Å². The molecule has 1 aromatic heterocycles. The minimum atomic E-state index is -3.63. The zero-order chi connectivity index (χ0) is 15.6. The summed E-state index contributed by atoms with van der Waals surface area (Å²) in [7, 11) is -3.63. The average Bonchev–Trinajstić information content (AvgIpc) is 2.82. The third-order valence-corrected chi connectivity index (χ3v) is 5.68. The van der Waals surface area contributed by atoms with Gasteiger partial charge in [-0.1, -0.05) is 23.8 Å². The number of halogens is 1. The van der Waals surface area contributed by atoms with Gasteiger partial charge < -0.3 is 5.73 Å². The van der Waals surface area contributed by atoms with Crippen LogP contribution in [0, 0.1) is 6.92 Å². The minimum Gasteiger partial charge on any atom is -0.389 e. The summed E-state index contributed by atoms with van der Waals surface area (Å²) >= 11 is 12.4. The number of thiophene rings is 1. The smallest absolute Gasteiger partial charge is 0.240 e. The Bertz CT molecular complexity index is 784. The molecule has 0 spiro atoms. The lowest BCUT2D eigenvalue weighted by molar-refractivity contribution is 0.582. The van der Waals surface area contributed by atoms with E-state index in [0.29, 0.717) is 5.56 Å². The zero-order valence-corrected chi connectivity index (χ0v) is 14.3. The number of hydrogen-bond donors (Lipinski definition) is 2. The molecule has 2 aromatic rings. The van der Waals surface area contributed by atoms with Crippen LogP contribution < -0.4 is 10.5 Å². The van der Waals surface area contributed by atoms with Gasteiger partial charge in [0.1, 0.15) is 4.99 Å². The molecule has 1 aromatic carbocycles. The zero-order valence-electron chi connectivity index (χ0n) is 11.1. The molecule has 8 heteroatoms. The lowest BCUT2D eigenvalue weighted by atomic mass is 10.2. The van der Waals surface area contributed by atoms with Crippen LogP contribution in [-0.2, 0) is 16.6 Å². The Labute approximate surface area is 138 Å². The first kappa shape index (κ1) is 16.4. The summed E-state index contributed by atoms with van der Waals surface area (Å²) < 4.78 is 27.0. The molecule has 0 fully saturated rings. The molecule has 0 aliphatic heterocycles. The summed E-state index contributed by atoms with van der Waals surface area (Å²) in [6.07, 6.45) is 0. The van der Waals surface area contributed by atoms with Crippen molar-refractivity contribution in [3.05, 3.63) is 50.7 Å². The van der Waals surface area contributed by atoms with Crippen molar-refractivity contribution in [1.82, 2.24) is 4.72 Å². The number of rotatable bonds is 5. The van der Waals surface area contributed by atoms with Gasteiger partial charge in [0.15, 0.2) is 0 Å². The van der Waals surface area contributed by atoms with Gasteiger partial charge in [-0.15, -0.1) is 11.3 Å². The second-order valence-corrected chi connectivity index (χ2v) is 8.33. The lowest BCUT2D eigenvalue weighted by Crippen LogP contribution is -2.23. The Balaban J connectivity index is 2.19. The Morgan fingerprint density at radius 3 is 2.62 bits per heavy atom. The molecule has 0 unspecified atom stereocenters. The Hall–Kier alpha value is -0.990. The van der Waals surface area contributed by atoms with Crippen molar-refractivity contribution in [2.75, 3.05) is 0 Å². The molecule has 112 valence electrons. The molecule has 0 aliphatic rings. The Morgan fingerprint density at radius 2 is 2.10 bits per heavy atom. The molecule has 0 radical (unpaired) electrons. The van der Waals surface area contributed by atoms with Gasteiger partial charge in [-0.25, -0.2) is 13.1 Å². The maximum absolute atomic E-state index is 12.2. The van der Waals surface area contributed by atoms with Gasteiger partial charge in [0.2, 0.25) is 10.0 Å². The normalized spacial score (nSPS) is 11.5. The van der Waals surface area contributed by atoms with E-state index in [1.165, 1.54) is 18.2 Å². The minimum absolute atomic E-state index is 0.0841. The second kappa shape index (κ2) is 6.41. The lowest BCUT2D eigenvalue weighted by Gasteiger charge is -2.08. The fourth-order valence-electron chi connectivity index (χ4n) is 1.69. The van der Waals surface area contributed by atoms with E-state index in [0.717, 1.165) is 9.75 Å². The summed E-state index contributed by atoms with van der Waals surface area (Å²) in [6.45, 7) is 2.21. The van der Waals surface area contributed by atoms with Crippen LogP contribution in [0.3, 0.4) is 0 Å². The first-order valence-corrected chi connectivity index (χ1v) is 9.02. The third-order valence-electron chi connectivity index (χ3n) is 2.75. The van der Waals surface area contributed by atoms with Crippen LogP contribution in [0.2, 0.25) is 5.02 Å². The molecule has 4 nitrogen and oxygen atoms in total. The number of nitrogens with one attached hydrogen (secondary N) is 1. The molecule has 0 saturated carbocycles. The summed E-state index contributed by atoms with van der Waals surface area (Å²) in [4.78, 5) is 2.29. The summed E-state index contributed by atoms with van der Waals surface area (Å²) in [5.41, 5.74) is 5.95. The van der Waals surface area contributed by atoms with Crippen molar-refractivity contribution in [2.24, 2.45) is 5.73 Å². The maximum Gasteiger partial charge on any atom is 0.240 e. The van der Waals surface area contributed by atoms with E-state index in [-0.39, 0.29) is 21.5 Å². The summed E-state index contributed by atoms with van der Waals surface area (Å²) in [5, 5.41) is 0.220. The van der Waals surface area contributed by atoms with Gasteiger partial charge >= 0.3 is 0 Å². The molecule has 0 atom stereocenters. The van der Waals surface area contributed by atoms with Crippen molar-refractivity contribution in [3.8, 4) is 0 Å². The van der Waals surface area contributed by atoms with E-state index >= 15 is 0 Å². The highest BCUT2D eigenvalue weighted by atomic mass is 35.5. The van der Waals surface area contributed by atoms with Crippen molar-refractivity contribution in [1.29, 1.82) is 0 Å². The van der Waals surface area contributed by atoms with E-state index in [1.807, 2.05) is 19.1 Å². The fraction of sp³-hybridized carbons (Fsp3) is 0.154. The topological polar surface area (TPSA) is 72.2 Å². The number of benzene rings is 1. The van der Waals surface area contributed by atoms with Gasteiger partial charge in [-0.2, -0.15) is 0 Å². The second-order valence-electron chi connectivity index (χ2n) is 4.34. The maximum atomic E-state index is 12.2. The summed E-state index contributed by atoms with van der Waals surface area (Å²) in [6, 6.07) is 8.13. The predicted octanol–water partition coefficient (Wildman–Crippen LogP) is 2.82. The molecule has 1 heterocycles. The summed E-state index contributed by atoms with van der Waals surface area (Å²) in [5.74, 6) is 0. The SMILES string of the molecule is Cc1ccc(CNS(=O)(=O)c2ccc(C(N)=S)c(Cl)c2)s1. The third kappa shape index (κ3) is 4.02. The van der Waals surface area contributed by atoms with Crippen LogP contribution in [-0.4, -0.2) is 13.4 Å². The Morgan fingerprint density at radius 1 is 1.38 bits per heavy atom. The van der Waals surface area contributed by atoms with E-state index in [9.17, 15) is 8.42 Å². The van der Waals surface area contributed by atoms with Crippen LogP contribution >= 0.6 is 35.2 Å². The number of thiocarbonyl (C=S) groups is 1. The van der Waals surface area contributed by atoms with Crippen LogP contribution in [0.4, 0.5) is 0 Å². The highest BCUT2D eigenvalue weighted by Crippen LogP contribution is 2.21. The first-order valence-electron chi connectivity index (χ1n) is 5.94. The van der Waals surface area contributed by atoms with Gasteiger partial charge in [0, 0.05) is 21.9 Å². The van der Waals surface area contributed by atoms with E-state index < -0.39 is 10.0 Å². The molecule has 0 bridgehead atoms. The van der Waals surface area contributed by atoms with Gasteiger partial charge in [-0.05, 0) is 37.3 Å². The fourth-order valence-corrected chi connectivity index (χ4v) is 4.23.